The summed E-state index contributed by atoms with van der Waals surface area (Å²) in [6.07, 6.45) is 4.20. The third-order valence-electron chi connectivity index (χ3n) is 14.5. The maximum atomic E-state index is 14.7. The van der Waals surface area contributed by atoms with Gasteiger partial charge in [0.25, 0.3) is 0 Å². The number of nitrogens with zero attached hydrogens (tertiary/aromatic N) is 4. The predicted molar refractivity (Wildman–Crippen MR) is 310 cm³/mol. The molecule has 1 aromatic heterocycles. The average molecular weight is 1150 g/mol. The Kier molecular flexibility index (Phi) is 22.9. The molecule has 0 bridgehead atoms. The van der Waals surface area contributed by atoms with Crippen molar-refractivity contribution >= 4 is 76.0 Å². The first-order valence-corrected chi connectivity index (χ1v) is 27.8. The van der Waals surface area contributed by atoms with Gasteiger partial charge >= 0.3 is 5.97 Å². The fourth-order valence-electron chi connectivity index (χ4n) is 10.1. The van der Waals surface area contributed by atoms with Gasteiger partial charge in [-0.3, -0.25) is 48.3 Å². The van der Waals surface area contributed by atoms with Crippen LogP contribution in [0.25, 0.3) is 10.9 Å². The summed E-state index contributed by atoms with van der Waals surface area (Å²) < 4.78 is 0. The Labute approximate surface area is 480 Å². The highest BCUT2D eigenvalue weighted by Crippen LogP contribution is 2.26. The molecule has 0 aliphatic carbocycles. The van der Waals surface area contributed by atoms with Gasteiger partial charge in [-0.2, -0.15) is 0 Å². The maximum Gasteiger partial charge on any atom is 0.326 e. The molecule has 0 spiro atoms. The molecule has 4 aromatic rings. The summed E-state index contributed by atoms with van der Waals surface area (Å²) in [6, 6.07) is 16.8. The van der Waals surface area contributed by atoms with Crippen molar-refractivity contribution in [2.45, 2.75) is 132 Å². The number of guanidine groups is 2. The molecule has 7 atom stereocenters. The van der Waals surface area contributed by atoms with E-state index < -0.39 is 102 Å². The highest BCUT2D eigenvalue weighted by Gasteiger charge is 2.43. The zero-order chi connectivity index (χ0) is 60.2. The van der Waals surface area contributed by atoms with E-state index in [1.54, 1.807) is 66.9 Å². The molecule has 3 aromatic carbocycles. The molecule has 2 aliphatic heterocycles. The molecule has 446 valence electrons. The van der Waals surface area contributed by atoms with Gasteiger partial charge in [-0.1, -0.05) is 78.9 Å². The summed E-state index contributed by atoms with van der Waals surface area (Å²) in [5.74, 6) is -6.90. The third-order valence-corrected chi connectivity index (χ3v) is 14.5. The number of carboxylic acids is 1. The highest BCUT2D eigenvalue weighted by atomic mass is 16.4. The maximum absolute atomic E-state index is 14.7. The van der Waals surface area contributed by atoms with Crippen molar-refractivity contribution in [1.29, 1.82) is 0 Å². The molecule has 2 aliphatic rings. The number of aromatic nitrogens is 1. The average Bonchev–Trinajstić information content (AvgIpc) is 4.49. The Hall–Kier alpha value is -9.07. The van der Waals surface area contributed by atoms with E-state index in [0.717, 1.165) is 10.9 Å². The van der Waals surface area contributed by atoms with Crippen molar-refractivity contribution < 1.29 is 48.3 Å². The van der Waals surface area contributed by atoms with Gasteiger partial charge in [0.1, 0.15) is 41.8 Å². The summed E-state index contributed by atoms with van der Waals surface area (Å²) in [7, 11) is 0. The van der Waals surface area contributed by atoms with E-state index in [1.165, 1.54) is 23.6 Å². The smallest absolute Gasteiger partial charge is 0.326 e. The molecule has 26 heteroatoms. The molecule has 6 rings (SSSR count). The molecular weight excluding hydrogens is 1070 g/mol. The third kappa shape index (κ3) is 18.5. The van der Waals surface area contributed by atoms with Gasteiger partial charge in [0, 0.05) is 62.5 Å². The number of H-pyrrole nitrogens is 1. The molecule has 8 amide bonds. The number of amides is 8. The van der Waals surface area contributed by atoms with E-state index in [0.29, 0.717) is 68.3 Å². The number of nitrogens with two attached hydrogens (primary N) is 5. The second kappa shape index (κ2) is 30.1. The Bertz CT molecular complexity index is 2980. The minimum Gasteiger partial charge on any atom is -0.480 e. The van der Waals surface area contributed by atoms with Crippen molar-refractivity contribution in [3.8, 4) is 0 Å². The van der Waals surface area contributed by atoms with Gasteiger partial charge in [-0.25, -0.2) is 4.79 Å². The van der Waals surface area contributed by atoms with Crippen LogP contribution in [0.2, 0.25) is 0 Å². The molecule has 0 saturated carbocycles. The second-order valence-corrected chi connectivity index (χ2v) is 21.3. The highest BCUT2D eigenvalue weighted by molar-refractivity contribution is 5.99. The van der Waals surface area contributed by atoms with E-state index in [1.807, 2.05) is 24.3 Å². The molecule has 18 N–H and O–H groups in total. The number of carboxylic acid groups (broad SMARTS) is 1. The number of para-hydroxylation sites is 1. The summed E-state index contributed by atoms with van der Waals surface area (Å²) >= 11 is 0. The topological polar surface area (TPSA) is 423 Å². The zero-order valence-electron chi connectivity index (χ0n) is 46.8. The van der Waals surface area contributed by atoms with Gasteiger partial charge in [-0.05, 0) is 88.0 Å². The number of aliphatic imine (C=N–C) groups is 2. The number of nitrogens with one attached hydrogen (secondary N) is 7. The SMILES string of the molecule is CC(C)(NC(=O)[C@@H](Cc1c[nH]c2ccccc12)NC(=O)[C@H](Cc1ccccc1)NC(=O)CNC(=O)[C@@H]1CCCN1C(=O)[C@@H]1CCCN1C(=O)[C@@H](N)CCCN=C(N)N)C(=O)N[C@@H](Cc1ccccc1)C(=O)N[C@@H](CCCN=C(N)N)C(=O)O. The number of hydrogen-bond donors (Lipinski definition) is 13. The minimum absolute atomic E-state index is 0.0289. The normalized spacial score (nSPS) is 16.7. The van der Waals surface area contributed by atoms with Gasteiger partial charge in [-0.15, -0.1) is 0 Å². The van der Waals surface area contributed by atoms with E-state index in [9.17, 15) is 48.3 Å². The fraction of sp³-hybridized carbons (Fsp3) is 0.456. The van der Waals surface area contributed by atoms with Gasteiger partial charge in [0.2, 0.25) is 47.3 Å². The van der Waals surface area contributed by atoms with Gasteiger partial charge < -0.3 is 80.5 Å². The summed E-state index contributed by atoms with van der Waals surface area (Å²) in [6.45, 7) is 3.22. The molecule has 2 saturated heterocycles. The van der Waals surface area contributed by atoms with Crippen LogP contribution in [-0.2, 0) is 62.4 Å². The monoisotopic (exact) mass is 1150 g/mol. The van der Waals surface area contributed by atoms with E-state index in [2.05, 4.69) is 46.9 Å². The number of aromatic amines is 1. The summed E-state index contributed by atoms with van der Waals surface area (Å²) in [5, 5.41) is 26.9. The number of hydrogen-bond acceptors (Lipinski definition) is 12. The number of rotatable bonds is 29. The quantitative estimate of drug-likeness (QED) is 0.0170. The first kappa shape index (κ1) is 63.1. The van der Waals surface area contributed by atoms with E-state index in [4.69, 9.17) is 28.7 Å². The molecule has 0 unspecified atom stereocenters. The first-order chi connectivity index (χ1) is 39.6. The summed E-state index contributed by atoms with van der Waals surface area (Å²) in [4.78, 5) is 139. The van der Waals surface area contributed by atoms with Crippen molar-refractivity contribution in [2.75, 3.05) is 32.7 Å². The molecule has 26 nitrogen and oxygen atoms in total. The van der Waals surface area contributed by atoms with Crippen LogP contribution in [0.4, 0.5) is 0 Å². The Morgan fingerprint density at radius 3 is 1.78 bits per heavy atom. The number of likely N-dealkylation sites (tertiary alicyclic amines) is 2. The van der Waals surface area contributed by atoms with Gasteiger partial charge in [0.15, 0.2) is 11.9 Å². The van der Waals surface area contributed by atoms with Crippen molar-refractivity contribution in [1.82, 2.24) is 46.7 Å². The van der Waals surface area contributed by atoms with Crippen LogP contribution >= 0.6 is 0 Å². The number of carbonyl (C=O) groups is 9. The van der Waals surface area contributed by atoms with Crippen LogP contribution < -0.4 is 60.6 Å². The fourth-order valence-corrected chi connectivity index (χ4v) is 10.1. The molecular formula is C57H78N16O10. The van der Waals surface area contributed by atoms with Crippen LogP contribution in [0.15, 0.2) is 101 Å². The minimum atomic E-state index is -1.77. The summed E-state index contributed by atoms with van der Waals surface area (Å²) in [5.41, 5.74) is 28.7. The molecule has 83 heavy (non-hydrogen) atoms. The van der Waals surface area contributed by atoms with Crippen molar-refractivity contribution in [3.05, 3.63) is 108 Å². The van der Waals surface area contributed by atoms with Crippen LogP contribution in [0, 0.1) is 0 Å². The lowest BCUT2D eigenvalue weighted by atomic mass is 9.98. The number of aliphatic carboxylic acids is 1. The Morgan fingerprint density at radius 1 is 0.651 bits per heavy atom. The van der Waals surface area contributed by atoms with Crippen LogP contribution in [-0.4, -0.2) is 166 Å². The predicted octanol–water partition coefficient (Wildman–Crippen LogP) is -1.35. The van der Waals surface area contributed by atoms with Crippen molar-refractivity contribution in [3.63, 3.8) is 0 Å². The second-order valence-electron chi connectivity index (χ2n) is 21.3. The lowest BCUT2D eigenvalue weighted by molar-refractivity contribution is -0.147. The largest absolute Gasteiger partial charge is 0.480 e. The first-order valence-electron chi connectivity index (χ1n) is 27.8. The standard InChI is InChI=1S/C57H78N16O10/c1-57(2,54(83)70-42(30-35-17-7-4-8-18-35)48(76)68-40(53(81)82)22-12-26-64-56(61)62)71-49(77)43(31-36-32-65-39-21-10-9-19-37(36)39)69-47(75)41(29-34-15-5-3-6-16-34)67-46(74)33-66-50(78)44-23-13-27-72(44)52(80)45-24-14-28-73(45)51(79)38(58)20-11-25-63-55(59)60/h3-10,15-19,21,32,38,40-45,65H,11-14,20,22-31,33,58H2,1-2H3,(H,66,78)(H,67,74)(H,68,76)(H,69,75)(H,70,83)(H,71,77)(H,81,82)(H4,59,60,63)(H4,61,62,64)/t38-,40-,41-,42-,43+,44-,45-/m0/s1. The van der Waals surface area contributed by atoms with Gasteiger partial charge in [0.05, 0.1) is 12.6 Å². The Morgan fingerprint density at radius 2 is 1.18 bits per heavy atom. The molecule has 0 radical (unpaired) electrons. The molecule has 2 fully saturated rings. The van der Waals surface area contributed by atoms with Crippen LogP contribution in [0.3, 0.4) is 0 Å². The molecule has 3 heterocycles. The Balaban J connectivity index is 1.15. The lowest BCUT2D eigenvalue weighted by Gasteiger charge is -2.32. The van der Waals surface area contributed by atoms with Crippen LogP contribution in [0.1, 0.15) is 81.9 Å². The van der Waals surface area contributed by atoms with Crippen LogP contribution in [0.5, 0.6) is 0 Å². The van der Waals surface area contributed by atoms with E-state index in [-0.39, 0.29) is 63.0 Å². The number of fused-ring (bicyclic) bond motifs is 1. The lowest BCUT2D eigenvalue weighted by Crippen LogP contribution is -2.63. The zero-order valence-corrected chi connectivity index (χ0v) is 46.8. The van der Waals surface area contributed by atoms with Crippen molar-refractivity contribution in [2.24, 2.45) is 38.7 Å². The number of benzene rings is 3. The van der Waals surface area contributed by atoms with E-state index >= 15 is 0 Å². The number of carbonyl (C=O) groups excluding carboxylic acids is 8.